The summed E-state index contributed by atoms with van der Waals surface area (Å²) in [5.74, 6) is -0.763. The third-order valence-electron chi connectivity index (χ3n) is 5.75. The number of piperidine rings is 2. The fraction of sp³-hybridized carbons (Fsp3) is 0.600. The first-order valence-corrected chi connectivity index (χ1v) is 9.51. The molecule has 2 heterocycles. The molecule has 2 aliphatic heterocycles. The van der Waals surface area contributed by atoms with Gasteiger partial charge in [-0.25, -0.2) is 4.79 Å². The number of hydrogen-bond donors (Lipinski definition) is 2. The zero-order valence-corrected chi connectivity index (χ0v) is 15.5. The van der Waals surface area contributed by atoms with Crippen LogP contribution in [-0.4, -0.2) is 59.1 Å². The number of urea groups is 1. The minimum Gasteiger partial charge on any atom is -0.481 e. The maximum absolute atomic E-state index is 12.6. The van der Waals surface area contributed by atoms with Crippen LogP contribution in [-0.2, 0) is 11.3 Å². The fourth-order valence-corrected chi connectivity index (χ4v) is 3.84. The molecule has 2 amide bonds. The number of amides is 2. The van der Waals surface area contributed by atoms with Crippen LogP contribution in [0.25, 0.3) is 0 Å². The van der Waals surface area contributed by atoms with Crippen LogP contribution >= 0.6 is 0 Å². The van der Waals surface area contributed by atoms with Gasteiger partial charge < -0.3 is 15.3 Å². The van der Waals surface area contributed by atoms with Crippen LogP contribution < -0.4 is 5.32 Å². The minimum absolute atomic E-state index is 0.0519. The van der Waals surface area contributed by atoms with E-state index in [9.17, 15) is 14.7 Å². The molecule has 2 saturated heterocycles. The van der Waals surface area contributed by atoms with Crippen LogP contribution in [0.4, 0.5) is 4.79 Å². The molecule has 0 bridgehead atoms. The lowest BCUT2D eigenvalue weighted by Crippen LogP contribution is -2.54. The summed E-state index contributed by atoms with van der Waals surface area (Å²) in [6, 6.07) is 10.5. The van der Waals surface area contributed by atoms with Gasteiger partial charge in [0.05, 0.1) is 5.41 Å². The summed E-state index contributed by atoms with van der Waals surface area (Å²) >= 11 is 0. The number of hydrogen-bond acceptors (Lipinski definition) is 3. The number of nitrogens with one attached hydrogen (secondary N) is 1. The summed E-state index contributed by atoms with van der Waals surface area (Å²) in [4.78, 5) is 28.0. The first kappa shape index (κ1) is 18.7. The van der Waals surface area contributed by atoms with Crippen molar-refractivity contribution in [2.75, 3.05) is 26.2 Å². The predicted octanol–water partition coefficient (Wildman–Crippen LogP) is 2.55. The molecule has 26 heavy (non-hydrogen) atoms. The van der Waals surface area contributed by atoms with Crippen molar-refractivity contribution in [3.63, 3.8) is 0 Å². The number of carboxylic acids is 1. The van der Waals surface area contributed by atoms with Crippen molar-refractivity contribution in [1.29, 1.82) is 0 Å². The fourth-order valence-electron chi connectivity index (χ4n) is 3.84. The van der Waals surface area contributed by atoms with Crippen molar-refractivity contribution >= 4 is 12.0 Å². The van der Waals surface area contributed by atoms with Crippen LogP contribution in [0.15, 0.2) is 30.3 Å². The van der Waals surface area contributed by atoms with Crippen molar-refractivity contribution in [1.82, 2.24) is 15.1 Å². The molecule has 1 atom stereocenters. The molecule has 6 heteroatoms. The molecule has 142 valence electrons. The van der Waals surface area contributed by atoms with Gasteiger partial charge in [0.25, 0.3) is 0 Å². The number of benzene rings is 1. The van der Waals surface area contributed by atoms with Gasteiger partial charge in [-0.1, -0.05) is 30.3 Å². The summed E-state index contributed by atoms with van der Waals surface area (Å²) in [7, 11) is 0. The average molecular weight is 359 g/mol. The molecule has 2 aliphatic rings. The number of carbonyl (C=O) groups excluding carboxylic acids is 1. The first-order valence-electron chi connectivity index (χ1n) is 9.51. The molecule has 0 aliphatic carbocycles. The molecule has 3 rings (SSSR count). The van der Waals surface area contributed by atoms with E-state index in [1.807, 2.05) is 6.07 Å². The van der Waals surface area contributed by atoms with E-state index in [-0.39, 0.29) is 12.1 Å². The third-order valence-corrected chi connectivity index (χ3v) is 5.75. The van der Waals surface area contributed by atoms with Crippen molar-refractivity contribution in [3.05, 3.63) is 35.9 Å². The Morgan fingerprint density at radius 3 is 2.54 bits per heavy atom. The van der Waals surface area contributed by atoms with Crippen molar-refractivity contribution < 1.29 is 14.7 Å². The van der Waals surface area contributed by atoms with Crippen molar-refractivity contribution in [3.8, 4) is 0 Å². The van der Waals surface area contributed by atoms with Crippen molar-refractivity contribution in [2.45, 2.75) is 45.2 Å². The molecular weight excluding hydrogens is 330 g/mol. The van der Waals surface area contributed by atoms with E-state index in [4.69, 9.17) is 0 Å². The highest BCUT2D eigenvalue weighted by Gasteiger charge is 2.38. The SMILES string of the molecule is CC1(C(=O)O)CCN(C(=O)NC2CCCN(Cc3ccccc3)C2)CC1. The Labute approximate surface area is 155 Å². The normalized spacial score (nSPS) is 23.4. The predicted molar refractivity (Wildman–Crippen MR) is 99.8 cm³/mol. The van der Waals surface area contributed by atoms with Gasteiger partial charge in [0, 0.05) is 32.2 Å². The lowest BCUT2D eigenvalue weighted by atomic mass is 9.80. The highest BCUT2D eigenvalue weighted by Crippen LogP contribution is 2.31. The number of carbonyl (C=O) groups is 2. The van der Waals surface area contributed by atoms with Crippen LogP contribution in [0.2, 0.25) is 0 Å². The average Bonchev–Trinajstić information content (AvgIpc) is 2.63. The molecular formula is C20H29N3O3. The lowest BCUT2D eigenvalue weighted by molar-refractivity contribution is -0.150. The van der Waals surface area contributed by atoms with Crippen molar-refractivity contribution in [2.24, 2.45) is 5.41 Å². The number of nitrogens with zero attached hydrogens (tertiary/aromatic N) is 2. The third kappa shape index (κ3) is 4.55. The molecule has 1 aromatic rings. The molecule has 1 aromatic carbocycles. The Hall–Kier alpha value is -2.08. The van der Waals surface area contributed by atoms with Gasteiger partial charge in [-0.3, -0.25) is 9.69 Å². The Balaban J connectivity index is 1.48. The summed E-state index contributed by atoms with van der Waals surface area (Å²) in [5.41, 5.74) is 0.595. The van der Waals surface area contributed by atoms with Gasteiger partial charge >= 0.3 is 12.0 Å². The second kappa shape index (κ2) is 8.08. The first-order chi connectivity index (χ1) is 12.5. The van der Waals surface area contributed by atoms with E-state index in [1.165, 1.54) is 5.56 Å². The molecule has 0 saturated carbocycles. The van der Waals surface area contributed by atoms with Gasteiger partial charge in [-0.15, -0.1) is 0 Å². The lowest BCUT2D eigenvalue weighted by Gasteiger charge is -2.38. The van der Waals surface area contributed by atoms with E-state index < -0.39 is 11.4 Å². The molecule has 0 radical (unpaired) electrons. The molecule has 0 aromatic heterocycles. The molecule has 0 spiro atoms. The Morgan fingerprint density at radius 1 is 1.19 bits per heavy atom. The van der Waals surface area contributed by atoms with Crippen LogP contribution in [0.3, 0.4) is 0 Å². The summed E-state index contributed by atoms with van der Waals surface area (Å²) < 4.78 is 0. The maximum atomic E-state index is 12.6. The Bertz CT molecular complexity index is 626. The van der Waals surface area contributed by atoms with Gasteiger partial charge in [0.1, 0.15) is 0 Å². The topological polar surface area (TPSA) is 72.9 Å². The zero-order valence-electron chi connectivity index (χ0n) is 15.5. The van der Waals surface area contributed by atoms with E-state index in [0.717, 1.165) is 32.5 Å². The van der Waals surface area contributed by atoms with Crippen LogP contribution in [0.5, 0.6) is 0 Å². The summed E-state index contributed by atoms with van der Waals surface area (Å²) in [5, 5.41) is 12.5. The number of carboxylic acid groups (broad SMARTS) is 1. The molecule has 6 nitrogen and oxygen atoms in total. The van der Waals surface area contributed by atoms with Crippen LogP contribution in [0.1, 0.15) is 38.2 Å². The van der Waals surface area contributed by atoms with E-state index in [2.05, 4.69) is 34.5 Å². The molecule has 2 fully saturated rings. The number of likely N-dealkylation sites (tertiary alicyclic amines) is 2. The Morgan fingerprint density at radius 2 is 1.88 bits per heavy atom. The maximum Gasteiger partial charge on any atom is 0.317 e. The number of rotatable bonds is 4. The van der Waals surface area contributed by atoms with Gasteiger partial charge in [-0.2, -0.15) is 0 Å². The monoisotopic (exact) mass is 359 g/mol. The van der Waals surface area contributed by atoms with Gasteiger partial charge in [-0.05, 0) is 44.7 Å². The van der Waals surface area contributed by atoms with E-state index in [0.29, 0.717) is 25.9 Å². The van der Waals surface area contributed by atoms with E-state index in [1.54, 1.807) is 11.8 Å². The molecule has 1 unspecified atom stereocenters. The number of aliphatic carboxylic acids is 1. The highest BCUT2D eigenvalue weighted by molar-refractivity contribution is 5.77. The largest absolute Gasteiger partial charge is 0.481 e. The smallest absolute Gasteiger partial charge is 0.317 e. The second-order valence-electron chi connectivity index (χ2n) is 7.86. The summed E-state index contributed by atoms with van der Waals surface area (Å²) in [6.45, 7) is 5.62. The quantitative estimate of drug-likeness (QED) is 0.867. The second-order valence-corrected chi connectivity index (χ2v) is 7.86. The zero-order chi connectivity index (χ0) is 18.6. The standard InChI is InChI=1S/C20H29N3O3/c1-20(18(24)25)9-12-23(13-10-20)19(26)21-17-8-5-11-22(15-17)14-16-6-3-2-4-7-16/h2-4,6-7,17H,5,8-15H2,1H3,(H,21,26)(H,24,25). The highest BCUT2D eigenvalue weighted by atomic mass is 16.4. The minimum atomic E-state index is -0.763. The molecule has 2 N–H and O–H groups in total. The Kier molecular flexibility index (Phi) is 5.81. The van der Waals surface area contributed by atoms with Gasteiger partial charge in [0.15, 0.2) is 0 Å². The van der Waals surface area contributed by atoms with Gasteiger partial charge in [0.2, 0.25) is 0 Å². The summed E-state index contributed by atoms with van der Waals surface area (Å²) in [6.07, 6.45) is 3.10. The van der Waals surface area contributed by atoms with Crippen LogP contribution in [0, 0.1) is 5.41 Å². The van der Waals surface area contributed by atoms with E-state index >= 15 is 0 Å².